The molecule has 0 aliphatic carbocycles. The van der Waals surface area contributed by atoms with Gasteiger partial charge in [0.25, 0.3) is 0 Å². The number of H-pyrrole nitrogens is 1. The highest BCUT2D eigenvalue weighted by atomic mass is 32.1. The number of aromatic amines is 1. The van der Waals surface area contributed by atoms with Gasteiger partial charge in [-0.2, -0.15) is 5.10 Å². The Bertz CT molecular complexity index is 759. The summed E-state index contributed by atoms with van der Waals surface area (Å²) in [6.07, 6.45) is 9.55. The third-order valence-corrected chi connectivity index (χ3v) is 7.22. The largest absolute Gasteiger partial charge is 0.356 e. The Balaban J connectivity index is 1.37. The van der Waals surface area contributed by atoms with Gasteiger partial charge in [-0.15, -0.1) is 11.3 Å². The second kappa shape index (κ2) is 10.4. The van der Waals surface area contributed by atoms with E-state index >= 15 is 0 Å². The third kappa shape index (κ3) is 5.90. The molecule has 2 aromatic rings. The first-order chi connectivity index (χ1) is 14.3. The quantitative estimate of drug-likeness (QED) is 0.806. The molecular weight excluding hydrogens is 382 g/mol. The highest BCUT2D eigenvalue weighted by Gasteiger charge is 2.24. The molecule has 0 radical (unpaired) electrons. The summed E-state index contributed by atoms with van der Waals surface area (Å²) in [6, 6.07) is 6.91. The van der Waals surface area contributed by atoms with Crippen LogP contribution in [0.3, 0.4) is 0 Å². The number of rotatable bonds is 3. The maximum absolute atomic E-state index is 12.3. The van der Waals surface area contributed by atoms with Gasteiger partial charge in [0.05, 0.1) is 10.6 Å². The van der Waals surface area contributed by atoms with Gasteiger partial charge < -0.3 is 5.32 Å². The first kappa shape index (κ1) is 20.6. The molecule has 2 aromatic heterocycles. The molecule has 29 heavy (non-hydrogen) atoms. The molecule has 0 bridgehead atoms. The number of fused-ring (bicyclic) bond motifs is 1. The van der Waals surface area contributed by atoms with Crippen LogP contribution in [0.5, 0.6) is 0 Å². The van der Waals surface area contributed by atoms with E-state index in [0.29, 0.717) is 12.5 Å². The predicted molar refractivity (Wildman–Crippen MR) is 118 cm³/mol. The molecule has 2 fully saturated rings. The van der Waals surface area contributed by atoms with E-state index < -0.39 is 0 Å². The lowest BCUT2D eigenvalue weighted by Gasteiger charge is -2.35. The van der Waals surface area contributed by atoms with Crippen LogP contribution in [0.2, 0.25) is 0 Å². The fourth-order valence-electron chi connectivity index (χ4n) is 4.55. The number of carbonyl (C=O) groups is 1. The van der Waals surface area contributed by atoms with E-state index in [1.807, 2.05) is 17.4 Å². The van der Waals surface area contributed by atoms with E-state index in [0.717, 1.165) is 57.8 Å². The number of aromatic nitrogens is 2. The van der Waals surface area contributed by atoms with Crippen molar-refractivity contribution >= 4 is 17.2 Å². The molecule has 1 amide bonds. The SMILES string of the molecule is O=C1CC2CCCCN2CCCN(Cc2ccc(-c3ccn[nH]3)s2)CCCCN1. The molecule has 158 valence electrons. The number of thiophene rings is 1. The van der Waals surface area contributed by atoms with Gasteiger partial charge in [0.15, 0.2) is 0 Å². The summed E-state index contributed by atoms with van der Waals surface area (Å²) in [7, 11) is 0. The Labute approximate surface area is 177 Å². The standard InChI is InChI=1S/C22H33N5OS/c28-22-16-18-6-1-3-14-27(18)15-5-13-26(12-4-2-10-23-22)17-19-7-8-21(29-19)20-9-11-24-25-20/h7-9,11,18H,1-6,10,12-17H2,(H,23,28)(H,24,25). The highest BCUT2D eigenvalue weighted by molar-refractivity contribution is 7.15. The minimum absolute atomic E-state index is 0.239. The van der Waals surface area contributed by atoms with Crippen molar-refractivity contribution in [2.75, 3.05) is 32.7 Å². The summed E-state index contributed by atoms with van der Waals surface area (Å²) < 4.78 is 0. The van der Waals surface area contributed by atoms with Crippen LogP contribution in [0.1, 0.15) is 49.8 Å². The summed E-state index contributed by atoms with van der Waals surface area (Å²) in [5, 5.41) is 10.3. The van der Waals surface area contributed by atoms with E-state index in [2.05, 4.69) is 37.4 Å². The molecule has 7 heteroatoms. The van der Waals surface area contributed by atoms with E-state index in [1.165, 1.54) is 35.4 Å². The van der Waals surface area contributed by atoms with Crippen molar-refractivity contribution in [3.8, 4) is 10.6 Å². The predicted octanol–water partition coefficient (Wildman–Crippen LogP) is 3.48. The van der Waals surface area contributed by atoms with Gasteiger partial charge >= 0.3 is 0 Å². The van der Waals surface area contributed by atoms with Crippen LogP contribution in [0.15, 0.2) is 24.4 Å². The molecule has 2 aliphatic rings. The highest BCUT2D eigenvalue weighted by Crippen LogP contribution is 2.27. The number of nitrogens with zero attached hydrogens (tertiary/aromatic N) is 3. The van der Waals surface area contributed by atoms with Gasteiger partial charge in [0, 0.05) is 36.6 Å². The van der Waals surface area contributed by atoms with Gasteiger partial charge in [0.2, 0.25) is 5.91 Å². The average Bonchev–Trinajstić information content (AvgIpc) is 3.40. The van der Waals surface area contributed by atoms with Gasteiger partial charge in [-0.3, -0.25) is 19.7 Å². The smallest absolute Gasteiger partial charge is 0.221 e. The molecule has 1 atom stereocenters. The van der Waals surface area contributed by atoms with E-state index in [4.69, 9.17) is 0 Å². The lowest BCUT2D eigenvalue weighted by molar-refractivity contribution is -0.122. The van der Waals surface area contributed by atoms with Crippen molar-refractivity contribution in [2.24, 2.45) is 0 Å². The molecular formula is C22H33N5OS. The number of hydrogen-bond donors (Lipinski definition) is 2. The number of amides is 1. The first-order valence-corrected chi connectivity index (χ1v) is 11.9. The van der Waals surface area contributed by atoms with Crippen LogP contribution in [0.25, 0.3) is 10.6 Å². The molecule has 0 aromatic carbocycles. The number of carbonyl (C=O) groups excluding carboxylic acids is 1. The Hall–Kier alpha value is -1.70. The Morgan fingerprint density at radius 1 is 1.03 bits per heavy atom. The maximum atomic E-state index is 12.3. The van der Waals surface area contributed by atoms with Crippen LogP contribution >= 0.6 is 11.3 Å². The van der Waals surface area contributed by atoms with Crippen molar-refractivity contribution in [3.63, 3.8) is 0 Å². The van der Waals surface area contributed by atoms with Crippen LogP contribution in [0, 0.1) is 0 Å². The molecule has 4 rings (SSSR count). The Morgan fingerprint density at radius 2 is 1.90 bits per heavy atom. The minimum Gasteiger partial charge on any atom is -0.356 e. The monoisotopic (exact) mass is 415 g/mol. The minimum atomic E-state index is 0.239. The lowest BCUT2D eigenvalue weighted by Crippen LogP contribution is -2.43. The first-order valence-electron chi connectivity index (χ1n) is 11.1. The summed E-state index contributed by atoms with van der Waals surface area (Å²) >= 11 is 1.85. The van der Waals surface area contributed by atoms with Crippen LogP contribution in [-0.4, -0.2) is 64.7 Å². The van der Waals surface area contributed by atoms with E-state index in [-0.39, 0.29) is 5.91 Å². The van der Waals surface area contributed by atoms with Crippen molar-refractivity contribution in [3.05, 3.63) is 29.3 Å². The van der Waals surface area contributed by atoms with Crippen LogP contribution in [-0.2, 0) is 11.3 Å². The molecule has 0 spiro atoms. The van der Waals surface area contributed by atoms with E-state index in [1.54, 1.807) is 6.20 Å². The Kier molecular flexibility index (Phi) is 7.35. The average molecular weight is 416 g/mol. The van der Waals surface area contributed by atoms with Gasteiger partial charge in [-0.1, -0.05) is 6.42 Å². The number of hydrogen-bond acceptors (Lipinski definition) is 5. The van der Waals surface area contributed by atoms with Crippen molar-refractivity contribution in [1.82, 2.24) is 25.3 Å². The third-order valence-electron chi connectivity index (χ3n) is 6.12. The summed E-state index contributed by atoms with van der Waals surface area (Å²) in [5.41, 5.74) is 1.10. The number of nitrogens with one attached hydrogen (secondary N) is 2. The zero-order chi connectivity index (χ0) is 19.9. The molecule has 0 saturated carbocycles. The van der Waals surface area contributed by atoms with Gasteiger partial charge in [0.1, 0.15) is 0 Å². The van der Waals surface area contributed by atoms with Gasteiger partial charge in [-0.05, 0) is 76.5 Å². The summed E-state index contributed by atoms with van der Waals surface area (Å²) in [4.78, 5) is 20.1. The topological polar surface area (TPSA) is 64.3 Å². The fraction of sp³-hybridized carbons (Fsp3) is 0.636. The second-order valence-corrected chi connectivity index (χ2v) is 9.48. The van der Waals surface area contributed by atoms with Crippen molar-refractivity contribution in [2.45, 2.75) is 57.5 Å². The number of piperidine rings is 1. The van der Waals surface area contributed by atoms with Crippen LogP contribution < -0.4 is 5.32 Å². The fourth-order valence-corrected chi connectivity index (χ4v) is 5.57. The maximum Gasteiger partial charge on any atom is 0.221 e. The van der Waals surface area contributed by atoms with Crippen molar-refractivity contribution in [1.29, 1.82) is 0 Å². The normalized spacial score (nSPS) is 23.4. The lowest BCUT2D eigenvalue weighted by atomic mass is 9.98. The summed E-state index contributed by atoms with van der Waals surface area (Å²) in [6.45, 7) is 6.30. The molecule has 2 aliphatic heterocycles. The van der Waals surface area contributed by atoms with Crippen LogP contribution in [0.4, 0.5) is 0 Å². The zero-order valence-corrected chi connectivity index (χ0v) is 18.1. The zero-order valence-electron chi connectivity index (χ0n) is 17.2. The molecule has 2 N–H and O–H groups in total. The van der Waals surface area contributed by atoms with Crippen molar-refractivity contribution < 1.29 is 4.79 Å². The Morgan fingerprint density at radius 3 is 2.79 bits per heavy atom. The van der Waals surface area contributed by atoms with Gasteiger partial charge in [-0.25, -0.2) is 0 Å². The second-order valence-electron chi connectivity index (χ2n) is 8.31. The summed E-state index contributed by atoms with van der Waals surface area (Å²) in [5.74, 6) is 0.239. The molecule has 6 nitrogen and oxygen atoms in total. The van der Waals surface area contributed by atoms with E-state index in [9.17, 15) is 4.79 Å². The molecule has 4 heterocycles. The molecule has 2 saturated heterocycles. The molecule has 1 unspecified atom stereocenters.